The molecule has 0 fully saturated rings. The fourth-order valence-electron chi connectivity index (χ4n) is 0.637. The normalized spacial score (nSPS) is 10.7. The lowest BCUT2D eigenvalue weighted by atomic mass is 10.3. The first kappa shape index (κ1) is 20.6. The van der Waals surface area contributed by atoms with Crippen LogP contribution >= 0.6 is 0 Å². The summed E-state index contributed by atoms with van der Waals surface area (Å²) in [4.78, 5) is 22.2. The lowest BCUT2D eigenvalue weighted by molar-refractivity contribution is -0.183. The van der Waals surface area contributed by atoms with Crippen molar-refractivity contribution in [1.29, 1.82) is 0 Å². The zero-order valence-electron chi connectivity index (χ0n) is 12.0. The third kappa shape index (κ3) is 11.4. The highest BCUT2D eigenvalue weighted by Crippen LogP contribution is 2.02. The lowest BCUT2D eigenvalue weighted by Gasteiger charge is -2.16. The minimum atomic E-state index is -0.938. The molecule has 0 radical (unpaired) electrons. The van der Waals surface area contributed by atoms with Crippen LogP contribution in [0, 0.1) is 0 Å². The molecular formula is C13H22O7. The Bertz CT molecular complexity index is 334. The summed E-state index contributed by atoms with van der Waals surface area (Å²) in [5.41, 5.74) is 0.509. The maximum absolute atomic E-state index is 11.1. The summed E-state index contributed by atoms with van der Waals surface area (Å²) < 4.78 is 14.4. The van der Waals surface area contributed by atoms with Gasteiger partial charge >= 0.3 is 11.9 Å². The minimum absolute atomic E-state index is 0.125. The van der Waals surface area contributed by atoms with E-state index in [2.05, 4.69) is 13.2 Å². The first-order valence-corrected chi connectivity index (χ1v) is 5.73. The van der Waals surface area contributed by atoms with Gasteiger partial charge in [0.2, 0.25) is 6.29 Å². The quantitative estimate of drug-likeness (QED) is 0.391. The standard InChI is InChI=1S/C11H16O5.C2H6O2/c1-7(2)10(12)15-6-9(14-5)16-11(13)8(3)4;3-1-2-4/h9H,1,3,6H2,2,4-5H3;3-4H,1-2H2. The fraction of sp³-hybridized carbons (Fsp3) is 0.538. The first-order valence-electron chi connectivity index (χ1n) is 5.73. The van der Waals surface area contributed by atoms with Crippen molar-refractivity contribution >= 4 is 11.9 Å². The second kappa shape index (κ2) is 12.3. The Balaban J connectivity index is 0. The molecule has 0 heterocycles. The summed E-state index contributed by atoms with van der Waals surface area (Å²) >= 11 is 0. The molecular weight excluding hydrogens is 268 g/mol. The number of carbonyl (C=O) groups is 2. The highest BCUT2D eigenvalue weighted by Gasteiger charge is 2.16. The van der Waals surface area contributed by atoms with Crippen molar-refractivity contribution in [3.63, 3.8) is 0 Å². The number of esters is 2. The molecule has 1 atom stereocenters. The van der Waals surface area contributed by atoms with E-state index < -0.39 is 18.2 Å². The molecule has 0 saturated heterocycles. The molecule has 7 nitrogen and oxygen atoms in total. The molecule has 0 amide bonds. The Labute approximate surface area is 118 Å². The number of ether oxygens (including phenoxy) is 3. The Morgan fingerprint density at radius 3 is 1.80 bits per heavy atom. The van der Waals surface area contributed by atoms with Crippen molar-refractivity contribution in [2.24, 2.45) is 0 Å². The first-order chi connectivity index (χ1) is 9.29. The Morgan fingerprint density at radius 1 is 1.05 bits per heavy atom. The van der Waals surface area contributed by atoms with Crippen molar-refractivity contribution in [1.82, 2.24) is 0 Å². The van der Waals surface area contributed by atoms with Gasteiger partial charge in [0.05, 0.1) is 13.2 Å². The van der Waals surface area contributed by atoms with E-state index >= 15 is 0 Å². The van der Waals surface area contributed by atoms with E-state index in [1.165, 1.54) is 21.0 Å². The smallest absolute Gasteiger partial charge is 0.335 e. The van der Waals surface area contributed by atoms with Gasteiger partial charge in [-0.1, -0.05) is 13.2 Å². The second-order valence-electron chi connectivity index (χ2n) is 3.68. The molecule has 0 aromatic carbocycles. The largest absolute Gasteiger partial charge is 0.456 e. The van der Waals surface area contributed by atoms with E-state index in [4.69, 9.17) is 24.4 Å². The van der Waals surface area contributed by atoms with Crippen LogP contribution in [-0.2, 0) is 23.8 Å². The number of aliphatic hydroxyl groups is 2. The van der Waals surface area contributed by atoms with Crippen LogP contribution in [0.3, 0.4) is 0 Å². The van der Waals surface area contributed by atoms with Crippen LogP contribution in [0.25, 0.3) is 0 Å². The SMILES string of the molecule is C=C(C)C(=O)OCC(OC)OC(=O)C(=C)C.OCCO. The van der Waals surface area contributed by atoms with Gasteiger partial charge in [-0.2, -0.15) is 0 Å². The van der Waals surface area contributed by atoms with E-state index in [0.29, 0.717) is 0 Å². The minimum Gasteiger partial charge on any atom is -0.456 e. The number of hydrogen-bond acceptors (Lipinski definition) is 7. The molecule has 0 spiro atoms. The molecule has 7 heteroatoms. The molecule has 0 aliphatic rings. The highest BCUT2D eigenvalue weighted by molar-refractivity contribution is 5.87. The summed E-state index contributed by atoms with van der Waals surface area (Å²) in [5, 5.41) is 15.2. The van der Waals surface area contributed by atoms with Crippen molar-refractivity contribution in [3.05, 3.63) is 24.3 Å². The van der Waals surface area contributed by atoms with E-state index in [1.54, 1.807) is 0 Å². The van der Waals surface area contributed by atoms with Gasteiger partial charge in [0.25, 0.3) is 0 Å². The third-order valence-corrected chi connectivity index (χ3v) is 1.65. The summed E-state index contributed by atoms with van der Waals surface area (Å²) in [6, 6.07) is 0. The predicted molar refractivity (Wildman–Crippen MR) is 71.6 cm³/mol. The molecule has 0 aliphatic heterocycles. The zero-order chi connectivity index (χ0) is 16.1. The second-order valence-corrected chi connectivity index (χ2v) is 3.68. The average molecular weight is 290 g/mol. The maximum Gasteiger partial charge on any atom is 0.335 e. The van der Waals surface area contributed by atoms with Crippen LogP contribution in [0.4, 0.5) is 0 Å². The molecule has 0 aromatic rings. The monoisotopic (exact) mass is 290 g/mol. The van der Waals surface area contributed by atoms with E-state index in [9.17, 15) is 9.59 Å². The van der Waals surface area contributed by atoms with Gasteiger partial charge in [0.15, 0.2) is 6.61 Å². The molecule has 20 heavy (non-hydrogen) atoms. The number of methoxy groups -OCH3 is 1. The number of hydrogen-bond donors (Lipinski definition) is 2. The van der Waals surface area contributed by atoms with Crippen LogP contribution in [-0.4, -0.2) is 55.4 Å². The highest BCUT2D eigenvalue weighted by atomic mass is 16.7. The number of aliphatic hydroxyl groups excluding tert-OH is 2. The Kier molecular flexibility index (Phi) is 12.7. The van der Waals surface area contributed by atoms with Crippen molar-refractivity contribution in [3.8, 4) is 0 Å². The van der Waals surface area contributed by atoms with Gasteiger partial charge in [-0.3, -0.25) is 0 Å². The van der Waals surface area contributed by atoms with Crippen LogP contribution in [0.5, 0.6) is 0 Å². The molecule has 0 aliphatic carbocycles. The van der Waals surface area contributed by atoms with Gasteiger partial charge in [0, 0.05) is 18.3 Å². The summed E-state index contributed by atoms with van der Waals surface area (Å²) in [5.74, 6) is -1.16. The summed E-state index contributed by atoms with van der Waals surface area (Å²) in [6.45, 7) is 9.42. The van der Waals surface area contributed by atoms with Gasteiger partial charge < -0.3 is 24.4 Å². The Morgan fingerprint density at radius 2 is 1.50 bits per heavy atom. The van der Waals surface area contributed by atoms with Gasteiger partial charge in [0.1, 0.15) is 0 Å². The van der Waals surface area contributed by atoms with E-state index in [-0.39, 0.29) is 31.0 Å². The van der Waals surface area contributed by atoms with Gasteiger partial charge in [-0.25, -0.2) is 9.59 Å². The molecule has 0 aromatic heterocycles. The molecule has 0 bridgehead atoms. The van der Waals surface area contributed by atoms with Gasteiger partial charge in [-0.15, -0.1) is 0 Å². The summed E-state index contributed by atoms with van der Waals surface area (Å²) in [6.07, 6.45) is -0.938. The van der Waals surface area contributed by atoms with Crippen molar-refractivity contribution < 1.29 is 34.0 Å². The third-order valence-electron chi connectivity index (χ3n) is 1.65. The predicted octanol–water partition coefficient (Wildman–Crippen LogP) is 0.168. The van der Waals surface area contributed by atoms with Gasteiger partial charge in [-0.05, 0) is 13.8 Å². The van der Waals surface area contributed by atoms with Crippen LogP contribution in [0.15, 0.2) is 24.3 Å². The molecule has 116 valence electrons. The van der Waals surface area contributed by atoms with Crippen molar-refractivity contribution in [2.45, 2.75) is 20.1 Å². The van der Waals surface area contributed by atoms with E-state index in [1.807, 2.05) is 0 Å². The van der Waals surface area contributed by atoms with E-state index in [0.717, 1.165) is 0 Å². The molecule has 0 rings (SSSR count). The zero-order valence-corrected chi connectivity index (χ0v) is 12.0. The van der Waals surface area contributed by atoms with Crippen LogP contribution in [0.2, 0.25) is 0 Å². The lowest BCUT2D eigenvalue weighted by Crippen LogP contribution is -2.27. The topological polar surface area (TPSA) is 102 Å². The maximum atomic E-state index is 11.1. The summed E-state index contributed by atoms with van der Waals surface area (Å²) in [7, 11) is 1.34. The average Bonchev–Trinajstić information content (AvgIpc) is 2.42. The fourth-order valence-corrected chi connectivity index (χ4v) is 0.637. The van der Waals surface area contributed by atoms with Crippen LogP contribution < -0.4 is 0 Å². The Hall–Kier alpha value is -1.70. The number of rotatable bonds is 7. The van der Waals surface area contributed by atoms with Crippen LogP contribution in [0.1, 0.15) is 13.8 Å². The molecule has 0 saturated carbocycles. The number of carbonyl (C=O) groups excluding carboxylic acids is 2. The molecule has 2 N–H and O–H groups in total. The van der Waals surface area contributed by atoms with Crippen molar-refractivity contribution in [2.75, 3.05) is 26.9 Å². The molecule has 1 unspecified atom stereocenters.